The van der Waals surface area contributed by atoms with Gasteiger partial charge < -0.3 is 15.0 Å². The molecule has 1 atom stereocenters. The molecular weight excluding hydrogens is 352 g/mol. The third-order valence-corrected chi connectivity index (χ3v) is 5.12. The highest BCUT2D eigenvalue weighted by atomic mass is 16.5. The van der Waals surface area contributed by atoms with E-state index in [9.17, 15) is 4.79 Å². The normalized spacial score (nSPS) is 15.4. The average molecular weight is 376 g/mol. The molecule has 0 aliphatic carbocycles. The van der Waals surface area contributed by atoms with E-state index in [4.69, 9.17) is 4.74 Å². The molecule has 0 spiro atoms. The Labute approximate surface area is 164 Å². The van der Waals surface area contributed by atoms with Gasteiger partial charge in [0.05, 0.1) is 24.6 Å². The van der Waals surface area contributed by atoms with Crippen LogP contribution in [0.5, 0.6) is 0 Å². The van der Waals surface area contributed by atoms with Crippen LogP contribution < -0.4 is 10.2 Å². The van der Waals surface area contributed by atoms with E-state index in [-0.39, 0.29) is 11.8 Å². The predicted molar refractivity (Wildman–Crippen MR) is 111 cm³/mol. The molecule has 1 saturated heterocycles. The summed E-state index contributed by atoms with van der Waals surface area (Å²) in [5, 5.41) is 4.03. The summed E-state index contributed by atoms with van der Waals surface area (Å²) in [5.74, 6) is 0.739. The Morgan fingerprint density at radius 2 is 1.93 bits per heavy atom. The average Bonchev–Trinajstić information content (AvgIpc) is 2.75. The number of amides is 1. The topological polar surface area (TPSA) is 67.4 Å². The first-order chi connectivity index (χ1) is 13.8. The molecule has 0 radical (unpaired) electrons. The summed E-state index contributed by atoms with van der Waals surface area (Å²) in [5.41, 5.74) is 2.60. The second-order valence-electron chi connectivity index (χ2n) is 6.89. The zero-order valence-electron chi connectivity index (χ0n) is 16.0. The molecule has 1 amide bonds. The van der Waals surface area contributed by atoms with E-state index in [0.717, 1.165) is 47.5 Å². The predicted octanol–water partition coefficient (Wildman–Crippen LogP) is 3.60. The van der Waals surface area contributed by atoms with Gasteiger partial charge in [-0.2, -0.15) is 0 Å². The fraction of sp³-hybridized carbons (Fsp3) is 0.318. The summed E-state index contributed by atoms with van der Waals surface area (Å²) < 4.78 is 5.43. The van der Waals surface area contributed by atoms with Crippen LogP contribution in [0.25, 0.3) is 10.9 Å². The smallest absolute Gasteiger partial charge is 0.231 e. The highest BCUT2D eigenvalue weighted by Gasteiger charge is 2.19. The van der Waals surface area contributed by atoms with Crippen LogP contribution in [0.3, 0.4) is 0 Å². The molecule has 1 aliphatic rings. The molecule has 3 aromatic rings. The second-order valence-corrected chi connectivity index (χ2v) is 6.89. The van der Waals surface area contributed by atoms with Crippen molar-refractivity contribution in [2.24, 2.45) is 0 Å². The van der Waals surface area contributed by atoms with Crippen LogP contribution >= 0.6 is 0 Å². The molecule has 1 N–H and O–H groups in total. The number of nitrogens with one attached hydrogen (secondary N) is 1. The zero-order valence-corrected chi connectivity index (χ0v) is 16.0. The van der Waals surface area contributed by atoms with E-state index >= 15 is 0 Å². The Balaban J connectivity index is 1.57. The minimum Gasteiger partial charge on any atom is -0.378 e. The van der Waals surface area contributed by atoms with Gasteiger partial charge in [-0.3, -0.25) is 4.79 Å². The van der Waals surface area contributed by atoms with Crippen molar-refractivity contribution < 1.29 is 9.53 Å². The molecule has 144 valence electrons. The molecule has 6 heteroatoms. The van der Waals surface area contributed by atoms with Gasteiger partial charge in [-0.05, 0) is 30.2 Å². The number of ether oxygens (including phenoxy) is 1. The zero-order chi connectivity index (χ0) is 19.3. The van der Waals surface area contributed by atoms with Gasteiger partial charge in [-0.25, -0.2) is 9.97 Å². The number of rotatable bonds is 5. The van der Waals surface area contributed by atoms with Gasteiger partial charge in [0.2, 0.25) is 5.91 Å². The van der Waals surface area contributed by atoms with Gasteiger partial charge in [0, 0.05) is 24.2 Å². The van der Waals surface area contributed by atoms with Gasteiger partial charge in [-0.1, -0.05) is 37.3 Å². The van der Waals surface area contributed by atoms with Crippen molar-refractivity contribution in [2.45, 2.75) is 19.3 Å². The van der Waals surface area contributed by atoms with Crippen LogP contribution in [0, 0.1) is 0 Å². The Bertz CT molecular complexity index is 955. The van der Waals surface area contributed by atoms with Crippen LogP contribution in [0.15, 0.2) is 54.9 Å². The first kappa shape index (κ1) is 18.4. The van der Waals surface area contributed by atoms with Crippen LogP contribution in [0.2, 0.25) is 0 Å². The molecule has 28 heavy (non-hydrogen) atoms. The van der Waals surface area contributed by atoms with E-state index in [2.05, 4.69) is 20.2 Å². The molecule has 1 unspecified atom stereocenters. The molecule has 1 aromatic heterocycles. The van der Waals surface area contributed by atoms with Crippen molar-refractivity contribution in [3.8, 4) is 0 Å². The maximum Gasteiger partial charge on any atom is 0.231 e. The summed E-state index contributed by atoms with van der Waals surface area (Å²) in [6.45, 7) is 5.08. The monoisotopic (exact) mass is 376 g/mol. The van der Waals surface area contributed by atoms with Crippen LogP contribution in [-0.4, -0.2) is 42.2 Å². The van der Waals surface area contributed by atoms with Gasteiger partial charge >= 0.3 is 0 Å². The maximum absolute atomic E-state index is 12.8. The molecular formula is C22H24N4O2. The molecule has 2 aromatic carbocycles. The van der Waals surface area contributed by atoms with Gasteiger partial charge in [-0.15, -0.1) is 0 Å². The maximum atomic E-state index is 12.8. The van der Waals surface area contributed by atoms with Gasteiger partial charge in [0.25, 0.3) is 0 Å². The molecule has 0 bridgehead atoms. The minimum absolute atomic E-state index is 0.00416. The first-order valence-corrected chi connectivity index (χ1v) is 9.69. The summed E-state index contributed by atoms with van der Waals surface area (Å²) in [6, 6.07) is 15.7. The standard InChI is InChI=1S/C22H24N4O2/c1-2-18(16-6-4-3-5-7-16)22(27)25-17-8-9-19-20(14-17)23-15-24-21(19)26-10-12-28-13-11-26/h3-9,14-15,18H,2,10-13H2,1H3,(H,25,27). The summed E-state index contributed by atoms with van der Waals surface area (Å²) in [6.07, 6.45) is 2.32. The van der Waals surface area contributed by atoms with E-state index < -0.39 is 0 Å². The van der Waals surface area contributed by atoms with E-state index in [1.54, 1.807) is 6.33 Å². The Hall–Kier alpha value is -2.99. The molecule has 0 saturated carbocycles. The lowest BCUT2D eigenvalue weighted by atomic mass is 9.95. The largest absolute Gasteiger partial charge is 0.378 e. The van der Waals surface area contributed by atoms with Crippen molar-refractivity contribution >= 4 is 28.3 Å². The van der Waals surface area contributed by atoms with Crippen molar-refractivity contribution in [1.29, 1.82) is 0 Å². The Kier molecular flexibility index (Phi) is 5.48. The van der Waals surface area contributed by atoms with Crippen LogP contribution in [0.4, 0.5) is 11.5 Å². The summed E-state index contributed by atoms with van der Waals surface area (Å²) >= 11 is 0. The van der Waals surface area contributed by atoms with Crippen molar-refractivity contribution in [2.75, 3.05) is 36.5 Å². The highest BCUT2D eigenvalue weighted by Crippen LogP contribution is 2.27. The lowest BCUT2D eigenvalue weighted by Crippen LogP contribution is -2.36. The van der Waals surface area contributed by atoms with Crippen molar-refractivity contribution in [3.63, 3.8) is 0 Å². The number of morpholine rings is 1. The van der Waals surface area contributed by atoms with Gasteiger partial charge in [0.15, 0.2) is 0 Å². The third-order valence-electron chi connectivity index (χ3n) is 5.12. The van der Waals surface area contributed by atoms with Crippen molar-refractivity contribution in [3.05, 3.63) is 60.4 Å². The number of fused-ring (bicyclic) bond motifs is 1. The second kappa shape index (κ2) is 8.35. The Morgan fingerprint density at radius 1 is 1.14 bits per heavy atom. The Morgan fingerprint density at radius 3 is 2.68 bits per heavy atom. The number of carbonyl (C=O) groups is 1. The number of carbonyl (C=O) groups excluding carboxylic acids is 1. The fourth-order valence-corrected chi connectivity index (χ4v) is 3.63. The fourth-order valence-electron chi connectivity index (χ4n) is 3.63. The summed E-state index contributed by atoms with van der Waals surface area (Å²) in [7, 11) is 0. The van der Waals surface area contributed by atoms with Crippen LogP contribution in [0.1, 0.15) is 24.8 Å². The third kappa shape index (κ3) is 3.82. The lowest BCUT2D eigenvalue weighted by molar-refractivity contribution is -0.117. The first-order valence-electron chi connectivity index (χ1n) is 9.69. The van der Waals surface area contributed by atoms with Crippen LogP contribution in [-0.2, 0) is 9.53 Å². The molecule has 4 rings (SSSR count). The van der Waals surface area contributed by atoms with Gasteiger partial charge in [0.1, 0.15) is 12.1 Å². The number of aromatic nitrogens is 2. The van der Waals surface area contributed by atoms with Crippen molar-refractivity contribution in [1.82, 2.24) is 9.97 Å². The number of hydrogen-bond acceptors (Lipinski definition) is 5. The quantitative estimate of drug-likeness (QED) is 0.737. The molecule has 1 aliphatic heterocycles. The number of benzene rings is 2. The lowest BCUT2D eigenvalue weighted by Gasteiger charge is -2.28. The molecule has 1 fully saturated rings. The van der Waals surface area contributed by atoms with E-state index in [0.29, 0.717) is 13.2 Å². The summed E-state index contributed by atoms with van der Waals surface area (Å²) in [4.78, 5) is 23.9. The SMILES string of the molecule is CCC(C(=O)Nc1ccc2c(N3CCOCC3)ncnc2c1)c1ccccc1. The highest BCUT2D eigenvalue weighted by molar-refractivity contribution is 5.99. The number of anilines is 2. The molecule has 2 heterocycles. The van der Waals surface area contributed by atoms with E-state index in [1.807, 2.05) is 55.5 Å². The van der Waals surface area contributed by atoms with E-state index in [1.165, 1.54) is 0 Å². The number of hydrogen-bond donors (Lipinski definition) is 1. The number of nitrogens with zero attached hydrogens (tertiary/aromatic N) is 3. The minimum atomic E-state index is -0.175. The molecule has 6 nitrogen and oxygen atoms in total.